The molecule has 0 aliphatic carbocycles. The van der Waals surface area contributed by atoms with Gasteiger partial charge in [-0.15, -0.1) is 11.3 Å². The minimum Gasteiger partial charge on any atom is -0.323 e. The monoisotopic (exact) mass is 225 g/mol. The van der Waals surface area contributed by atoms with Crippen molar-refractivity contribution in [1.82, 2.24) is 0 Å². The molecular formula is C13H23NS. The first-order valence-corrected chi connectivity index (χ1v) is 6.62. The molecule has 0 fully saturated rings. The molecule has 0 saturated carbocycles. The van der Waals surface area contributed by atoms with E-state index in [4.69, 9.17) is 5.73 Å². The second-order valence-electron chi connectivity index (χ2n) is 5.20. The smallest absolute Gasteiger partial charge is 0.0389 e. The van der Waals surface area contributed by atoms with E-state index < -0.39 is 0 Å². The van der Waals surface area contributed by atoms with Gasteiger partial charge in [-0.2, -0.15) is 0 Å². The normalized spacial score (nSPS) is 14.2. The van der Waals surface area contributed by atoms with Gasteiger partial charge in [0, 0.05) is 15.8 Å². The molecular weight excluding hydrogens is 202 g/mol. The van der Waals surface area contributed by atoms with Gasteiger partial charge in [0.25, 0.3) is 0 Å². The molecule has 0 aliphatic rings. The van der Waals surface area contributed by atoms with Crippen LogP contribution in [0, 0.1) is 0 Å². The number of hydrogen-bond acceptors (Lipinski definition) is 2. The molecule has 0 aliphatic heterocycles. The van der Waals surface area contributed by atoms with Crippen LogP contribution in [-0.4, -0.2) is 0 Å². The maximum absolute atomic E-state index is 6.15. The number of nitrogens with two attached hydrogens (primary N) is 1. The van der Waals surface area contributed by atoms with Crippen molar-refractivity contribution < 1.29 is 0 Å². The third-order valence-electron chi connectivity index (χ3n) is 2.60. The second-order valence-corrected chi connectivity index (χ2v) is 6.32. The Morgan fingerprint density at radius 2 is 2.00 bits per heavy atom. The van der Waals surface area contributed by atoms with Crippen LogP contribution >= 0.6 is 11.3 Å². The maximum Gasteiger partial charge on any atom is 0.0389 e. The summed E-state index contributed by atoms with van der Waals surface area (Å²) in [5.74, 6) is 0. The first-order valence-electron chi connectivity index (χ1n) is 5.81. The lowest BCUT2D eigenvalue weighted by Gasteiger charge is -2.15. The lowest BCUT2D eigenvalue weighted by molar-refractivity contribution is 0.603. The summed E-state index contributed by atoms with van der Waals surface area (Å²) in [6, 6.07) is 4.67. The van der Waals surface area contributed by atoms with E-state index in [-0.39, 0.29) is 11.5 Å². The summed E-state index contributed by atoms with van der Waals surface area (Å²) in [5, 5.41) is 0. The molecule has 2 heteroatoms. The van der Waals surface area contributed by atoms with Gasteiger partial charge in [0.05, 0.1) is 0 Å². The fraction of sp³-hybridized carbons (Fsp3) is 0.692. The van der Waals surface area contributed by atoms with Crippen LogP contribution in [0.4, 0.5) is 0 Å². The van der Waals surface area contributed by atoms with Gasteiger partial charge in [-0.3, -0.25) is 0 Å². The van der Waals surface area contributed by atoms with Crippen molar-refractivity contribution in [2.45, 2.75) is 58.4 Å². The Kier molecular flexibility index (Phi) is 4.35. The van der Waals surface area contributed by atoms with Gasteiger partial charge in [-0.25, -0.2) is 0 Å². The van der Waals surface area contributed by atoms with Crippen LogP contribution in [0.15, 0.2) is 12.1 Å². The van der Waals surface area contributed by atoms with E-state index in [0.717, 1.165) is 6.42 Å². The van der Waals surface area contributed by atoms with Crippen LogP contribution in [-0.2, 0) is 5.41 Å². The fourth-order valence-corrected chi connectivity index (χ4v) is 2.62. The molecule has 1 nitrogen and oxygen atoms in total. The van der Waals surface area contributed by atoms with Gasteiger partial charge in [-0.05, 0) is 24.0 Å². The van der Waals surface area contributed by atoms with Gasteiger partial charge in [0.2, 0.25) is 0 Å². The summed E-state index contributed by atoms with van der Waals surface area (Å²) >= 11 is 1.87. The third-order valence-corrected chi connectivity index (χ3v) is 4.24. The van der Waals surface area contributed by atoms with E-state index in [2.05, 4.69) is 39.8 Å². The predicted octanol–water partition coefficient (Wildman–Crippen LogP) is 4.24. The Hall–Kier alpha value is -0.340. The van der Waals surface area contributed by atoms with Gasteiger partial charge >= 0.3 is 0 Å². The van der Waals surface area contributed by atoms with E-state index >= 15 is 0 Å². The SMILES string of the molecule is CCCCC(N)c1ccc(C(C)(C)C)s1. The molecule has 0 aromatic carbocycles. The molecule has 0 spiro atoms. The number of thiophene rings is 1. The Balaban J connectivity index is 2.67. The number of hydrogen-bond donors (Lipinski definition) is 1. The first kappa shape index (κ1) is 12.7. The zero-order valence-corrected chi connectivity index (χ0v) is 11.2. The highest BCUT2D eigenvalue weighted by Crippen LogP contribution is 2.32. The fourth-order valence-electron chi connectivity index (χ4n) is 1.52. The predicted molar refractivity (Wildman–Crippen MR) is 69.5 cm³/mol. The van der Waals surface area contributed by atoms with Crippen molar-refractivity contribution in [2.75, 3.05) is 0 Å². The van der Waals surface area contributed by atoms with Crippen molar-refractivity contribution in [3.05, 3.63) is 21.9 Å². The van der Waals surface area contributed by atoms with Gasteiger partial charge in [0.15, 0.2) is 0 Å². The zero-order valence-electron chi connectivity index (χ0n) is 10.3. The molecule has 0 amide bonds. The highest BCUT2D eigenvalue weighted by Gasteiger charge is 2.17. The van der Waals surface area contributed by atoms with Crippen LogP contribution in [0.25, 0.3) is 0 Å². The topological polar surface area (TPSA) is 26.0 Å². The molecule has 1 unspecified atom stereocenters. The third kappa shape index (κ3) is 3.62. The second kappa shape index (κ2) is 5.13. The van der Waals surface area contributed by atoms with E-state index in [1.54, 1.807) is 0 Å². The summed E-state index contributed by atoms with van der Waals surface area (Å²) < 4.78 is 0. The summed E-state index contributed by atoms with van der Waals surface area (Å²) in [6.07, 6.45) is 3.57. The van der Waals surface area contributed by atoms with Crippen LogP contribution in [0.5, 0.6) is 0 Å². The molecule has 1 aromatic rings. The number of unbranched alkanes of at least 4 members (excludes halogenated alkanes) is 1. The van der Waals surface area contributed by atoms with Crippen LogP contribution in [0.3, 0.4) is 0 Å². The molecule has 0 saturated heterocycles. The Labute approximate surface area is 97.7 Å². The van der Waals surface area contributed by atoms with Gasteiger partial charge < -0.3 is 5.73 Å². The molecule has 86 valence electrons. The van der Waals surface area contributed by atoms with Crippen molar-refractivity contribution in [2.24, 2.45) is 5.73 Å². The summed E-state index contributed by atoms with van der Waals surface area (Å²) in [6.45, 7) is 8.96. The Morgan fingerprint density at radius 1 is 1.33 bits per heavy atom. The van der Waals surface area contributed by atoms with Gasteiger partial charge in [0.1, 0.15) is 0 Å². The largest absolute Gasteiger partial charge is 0.323 e. The van der Waals surface area contributed by atoms with E-state index in [0.29, 0.717) is 0 Å². The standard InChI is InChI=1S/C13H23NS/c1-5-6-7-10(14)11-8-9-12(15-11)13(2,3)4/h8-10H,5-7,14H2,1-4H3. The van der Waals surface area contributed by atoms with Crippen molar-refractivity contribution in [3.8, 4) is 0 Å². The Morgan fingerprint density at radius 3 is 2.47 bits per heavy atom. The average Bonchev–Trinajstić information content (AvgIpc) is 2.62. The maximum atomic E-state index is 6.15. The first-order chi connectivity index (χ1) is 6.95. The van der Waals surface area contributed by atoms with Crippen LogP contribution in [0.1, 0.15) is 62.8 Å². The van der Waals surface area contributed by atoms with E-state index in [1.807, 2.05) is 11.3 Å². The number of rotatable bonds is 4. The highest BCUT2D eigenvalue weighted by atomic mass is 32.1. The minimum atomic E-state index is 0.242. The Bertz CT molecular complexity index is 296. The van der Waals surface area contributed by atoms with Crippen LogP contribution in [0.2, 0.25) is 0 Å². The van der Waals surface area contributed by atoms with E-state index in [9.17, 15) is 0 Å². The highest BCUT2D eigenvalue weighted by molar-refractivity contribution is 7.12. The molecule has 1 rings (SSSR count). The molecule has 15 heavy (non-hydrogen) atoms. The molecule has 1 heterocycles. The average molecular weight is 225 g/mol. The molecule has 1 aromatic heterocycles. The van der Waals surface area contributed by atoms with Gasteiger partial charge in [-0.1, -0.05) is 40.5 Å². The van der Waals surface area contributed by atoms with Crippen LogP contribution < -0.4 is 5.73 Å². The molecule has 0 bridgehead atoms. The molecule has 0 radical (unpaired) electrons. The quantitative estimate of drug-likeness (QED) is 0.815. The van der Waals surface area contributed by atoms with Crippen molar-refractivity contribution in [3.63, 3.8) is 0 Å². The lowest BCUT2D eigenvalue weighted by Crippen LogP contribution is -2.09. The lowest BCUT2D eigenvalue weighted by atomic mass is 9.95. The summed E-state index contributed by atoms with van der Waals surface area (Å²) in [5.41, 5.74) is 6.41. The molecule has 2 N–H and O–H groups in total. The minimum absolute atomic E-state index is 0.242. The molecule has 1 atom stereocenters. The van der Waals surface area contributed by atoms with Crippen molar-refractivity contribution in [1.29, 1.82) is 0 Å². The summed E-state index contributed by atoms with van der Waals surface area (Å²) in [7, 11) is 0. The zero-order chi connectivity index (χ0) is 11.5. The van der Waals surface area contributed by atoms with Crippen molar-refractivity contribution >= 4 is 11.3 Å². The summed E-state index contributed by atoms with van der Waals surface area (Å²) in [4.78, 5) is 2.78. The van der Waals surface area contributed by atoms with E-state index in [1.165, 1.54) is 22.6 Å².